The van der Waals surface area contributed by atoms with Crippen LogP contribution in [0.15, 0.2) is 48.5 Å². The zero-order valence-electron chi connectivity index (χ0n) is 8.68. The van der Waals surface area contributed by atoms with E-state index >= 15 is 0 Å². The van der Waals surface area contributed by atoms with Gasteiger partial charge in [-0.05, 0) is 23.3 Å². The van der Waals surface area contributed by atoms with Gasteiger partial charge in [-0.25, -0.2) is 0 Å². The molecule has 0 aromatic heterocycles. The van der Waals surface area contributed by atoms with Crippen molar-refractivity contribution in [2.75, 3.05) is 5.73 Å². The maximum absolute atomic E-state index is 11.3. The van der Waals surface area contributed by atoms with Crippen molar-refractivity contribution in [1.82, 2.24) is 0 Å². The number of hydrogen-bond donors (Lipinski definition) is 2. The number of amides is 1. The summed E-state index contributed by atoms with van der Waals surface area (Å²) >= 11 is 0. The minimum atomic E-state index is -0.467. The van der Waals surface area contributed by atoms with Gasteiger partial charge in [0.15, 0.2) is 0 Å². The predicted octanol–water partition coefficient (Wildman–Crippen LogP) is 2.03. The number of nitrogens with two attached hydrogens (primary N) is 2. The summed E-state index contributed by atoms with van der Waals surface area (Å²) in [5.74, 6) is -0.467. The summed E-state index contributed by atoms with van der Waals surface area (Å²) in [5.41, 5.74) is 13.7. The summed E-state index contributed by atoms with van der Waals surface area (Å²) in [4.78, 5) is 11.3. The van der Waals surface area contributed by atoms with E-state index in [4.69, 9.17) is 11.5 Å². The number of carbonyl (C=O) groups is 1. The summed E-state index contributed by atoms with van der Waals surface area (Å²) in [6.45, 7) is 0. The van der Waals surface area contributed by atoms with Gasteiger partial charge in [0.2, 0.25) is 5.91 Å². The van der Waals surface area contributed by atoms with Crippen molar-refractivity contribution in [3.63, 3.8) is 0 Å². The van der Waals surface area contributed by atoms with E-state index in [1.165, 1.54) is 0 Å². The van der Waals surface area contributed by atoms with Crippen LogP contribution in [0.5, 0.6) is 0 Å². The molecule has 2 rings (SSSR count). The fourth-order valence-corrected chi connectivity index (χ4v) is 1.64. The molecule has 2 aromatic carbocycles. The summed E-state index contributed by atoms with van der Waals surface area (Å²) in [5, 5.41) is 0. The minimum absolute atomic E-state index is 0.450. The van der Waals surface area contributed by atoms with Gasteiger partial charge >= 0.3 is 0 Å². The first-order valence-corrected chi connectivity index (χ1v) is 4.93. The van der Waals surface area contributed by atoms with Gasteiger partial charge < -0.3 is 11.5 Å². The van der Waals surface area contributed by atoms with E-state index in [2.05, 4.69) is 0 Å². The van der Waals surface area contributed by atoms with Crippen LogP contribution in [0.1, 0.15) is 10.4 Å². The Morgan fingerprint density at radius 2 is 1.69 bits per heavy atom. The topological polar surface area (TPSA) is 69.1 Å². The molecule has 3 nitrogen and oxygen atoms in total. The van der Waals surface area contributed by atoms with E-state index in [0.29, 0.717) is 11.3 Å². The lowest BCUT2D eigenvalue weighted by atomic mass is 9.99. The molecule has 0 saturated heterocycles. The molecule has 0 unspecified atom stereocenters. The predicted molar refractivity (Wildman–Crippen MR) is 64.8 cm³/mol. The Labute approximate surface area is 93.7 Å². The zero-order valence-corrected chi connectivity index (χ0v) is 8.68. The van der Waals surface area contributed by atoms with Crippen LogP contribution in [0.4, 0.5) is 5.69 Å². The highest BCUT2D eigenvalue weighted by atomic mass is 16.1. The van der Waals surface area contributed by atoms with Crippen LogP contribution >= 0.6 is 0 Å². The van der Waals surface area contributed by atoms with Crippen molar-refractivity contribution >= 4 is 11.6 Å². The maximum Gasteiger partial charge on any atom is 0.249 e. The van der Waals surface area contributed by atoms with Crippen molar-refractivity contribution in [2.45, 2.75) is 0 Å². The molecule has 1 amide bonds. The molecule has 0 aliphatic heterocycles. The third-order valence-corrected chi connectivity index (χ3v) is 2.39. The number of benzene rings is 2. The normalized spacial score (nSPS) is 10.0. The molecule has 0 fully saturated rings. The van der Waals surface area contributed by atoms with Crippen molar-refractivity contribution in [3.8, 4) is 11.1 Å². The Hall–Kier alpha value is -2.29. The number of hydrogen-bond acceptors (Lipinski definition) is 2. The number of carbonyl (C=O) groups excluding carboxylic acids is 1. The summed E-state index contributed by atoms with van der Waals surface area (Å²) in [6.07, 6.45) is 0. The fourth-order valence-electron chi connectivity index (χ4n) is 1.64. The second-order valence-electron chi connectivity index (χ2n) is 3.54. The van der Waals surface area contributed by atoms with Crippen molar-refractivity contribution in [3.05, 3.63) is 54.1 Å². The van der Waals surface area contributed by atoms with E-state index in [-0.39, 0.29) is 0 Å². The molecule has 16 heavy (non-hydrogen) atoms. The molecule has 4 N–H and O–H groups in total. The van der Waals surface area contributed by atoms with Gasteiger partial charge in [-0.3, -0.25) is 4.79 Å². The van der Waals surface area contributed by atoms with Crippen LogP contribution < -0.4 is 11.5 Å². The van der Waals surface area contributed by atoms with Gasteiger partial charge in [0.1, 0.15) is 0 Å². The minimum Gasteiger partial charge on any atom is -0.399 e. The molecular weight excluding hydrogens is 200 g/mol. The molecule has 0 aliphatic carbocycles. The van der Waals surface area contributed by atoms with Gasteiger partial charge in [-0.15, -0.1) is 0 Å². The average molecular weight is 212 g/mol. The maximum atomic E-state index is 11.3. The van der Waals surface area contributed by atoms with Gasteiger partial charge in [-0.2, -0.15) is 0 Å². The van der Waals surface area contributed by atoms with Crippen LogP contribution in [0, 0.1) is 0 Å². The molecule has 0 aliphatic rings. The zero-order chi connectivity index (χ0) is 11.5. The Morgan fingerprint density at radius 1 is 1.00 bits per heavy atom. The molecule has 0 saturated carbocycles. The fraction of sp³-hybridized carbons (Fsp3) is 0. The van der Waals surface area contributed by atoms with Crippen molar-refractivity contribution in [2.24, 2.45) is 5.73 Å². The molecule has 0 spiro atoms. The third kappa shape index (κ3) is 1.88. The first-order chi connectivity index (χ1) is 7.68. The highest BCUT2D eigenvalue weighted by molar-refractivity contribution is 6.00. The Kier molecular flexibility index (Phi) is 2.60. The largest absolute Gasteiger partial charge is 0.399 e. The SMILES string of the molecule is NC(=O)c1cc(N)ccc1-c1ccccc1. The van der Waals surface area contributed by atoms with Crippen molar-refractivity contribution < 1.29 is 4.79 Å². The van der Waals surface area contributed by atoms with E-state index in [1.54, 1.807) is 12.1 Å². The number of nitrogen functional groups attached to an aromatic ring is 1. The number of anilines is 1. The smallest absolute Gasteiger partial charge is 0.249 e. The highest BCUT2D eigenvalue weighted by Crippen LogP contribution is 2.24. The Bertz CT molecular complexity index is 521. The Morgan fingerprint density at radius 3 is 2.31 bits per heavy atom. The van der Waals surface area contributed by atoms with Crippen LogP contribution in [0.2, 0.25) is 0 Å². The highest BCUT2D eigenvalue weighted by Gasteiger charge is 2.09. The van der Waals surface area contributed by atoms with Gasteiger partial charge in [0.05, 0.1) is 0 Å². The average Bonchev–Trinajstić information content (AvgIpc) is 2.30. The van der Waals surface area contributed by atoms with Crippen LogP contribution in [0.25, 0.3) is 11.1 Å². The molecule has 0 heterocycles. The van der Waals surface area contributed by atoms with E-state index in [9.17, 15) is 4.79 Å². The van der Waals surface area contributed by atoms with Crippen LogP contribution in [-0.4, -0.2) is 5.91 Å². The monoisotopic (exact) mass is 212 g/mol. The second kappa shape index (κ2) is 4.06. The molecule has 0 radical (unpaired) electrons. The van der Waals surface area contributed by atoms with Gasteiger partial charge in [0.25, 0.3) is 0 Å². The van der Waals surface area contributed by atoms with Crippen LogP contribution in [0.3, 0.4) is 0 Å². The molecule has 0 bridgehead atoms. The van der Waals surface area contributed by atoms with E-state index in [1.807, 2.05) is 36.4 Å². The molecule has 2 aromatic rings. The molecule has 80 valence electrons. The number of rotatable bonds is 2. The van der Waals surface area contributed by atoms with Crippen LogP contribution in [-0.2, 0) is 0 Å². The quantitative estimate of drug-likeness (QED) is 0.748. The second-order valence-corrected chi connectivity index (χ2v) is 3.54. The van der Waals surface area contributed by atoms with E-state index < -0.39 is 5.91 Å². The standard InChI is InChI=1S/C13H12N2O/c14-10-6-7-11(12(8-10)13(15)16)9-4-2-1-3-5-9/h1-8H,14H2,(H2,15,16). The summed E-state index contributed by atoms with van der Waals surface area (Å²) in [6, 6.07) is 14.8. The summed E-state index contributed by atoms with van der Waals surface area (Å²) in [7, 11) is 0. The summed E-state index contributed by atoms with van der Waals surface area (Å²) < 4.78 is 0. The lowest BCUT2D eigenvalue weighted by molar-refractivity contribution is 0.100. The lowest BCUT2D eigenvalue weighted by Gasteiger charge is -2.07. The lowest BCUT2D eigenvalue weighted by Crippen LogP contribution is -2.12. The number of primary amides is 1. The Balaban J connectivity index is 2.61. The third-order valence-electron chi connectivity index (χ3n) is 2.39. The van der Waals surface area contributed by atoms with Gasteiger partial charge in [0, 0.05) is 11.3 Å². The van der Waals surface area contributed by atoms with Crippen molar-refractivity contribution in [1.29, 1.82) is 0 Å². The first-order valence-electron chi connectivity index (χ1n) is 4.93. The van der Waals surface area contributed by atoms with Gasteiger partial charge in [-0.1, -0.05) is 36.4 Å². The molecule has 0 atom stereocenters. The first kappa shape index (κ1) is 10.2. The van der Waals surface area contributed by atoms with E-state index in [0.717, 1.165) is 11.1 Å². The molecule has 3 heteroatoms. The molecular formula is C13H12N2O.